The van der Waals surface area contributed by atoms with Crippen LogP contribution < -0.4 is 0 Å². The first kappa shape index (κ1) is 24.3. The predicted octanol–water partition coefficient (Wildman–Crippen LogP) is 3.28. The smallest absolute Gasteiger partial charge is 0.475 e. The van der Waals surface area contributed by atoms with Gasteiger partial charge < -0.3 is 10.0 Å². The van der Waals surface area contributed by atoms with E-state index in [0.29, 0.717) is 37.1 Å². The quantitative estimate of drug-likeness (QED) is 0.612. The highest BCUT2D eigenvalue weighted by molar-refractivity contribution is 5.94. The van der Waals surface area contributed by atoms with E-state index in [2.05, 4.69) is 21.0 Å². The lowest BCUT2D eigenvalue weighted by atomic mass is 10.0. The predicted molar refractivity (Wildman–Crippen MR) is 113 cm³/mol. The van der Waals surface area contributed by atoms with Crippen LogP contribution >= 0.6 is 0 Å². The van der Waals surface area contributed by atoms with Crippen LogP contribution in [-0.2, 0) is 17.6 Å². The van der Waals surface area contributed by atoms with Crippen LogP contribution in [0.25, 0.3) is 11.3 Å². The number of aromatic nitrogens is 3. The van der Waals surface area contributed by atoms with Gasteiger partial charge in [0.05, 0.1) is 17.3 Å². The maximum Gasteiger partial charge on any atom is 0.490 e. The number of carbonyl (C=O) groups excluding carboxylic acids is 1. The highest BCUT2D eigenvalue weighted by atomic mass is 19.4. The molecule has 0 fully saturated rings. The Labute approximate surface area is 192 Å². The number of pyridine rings is 1. The van der Waals surface area contributed by atoms with Gasteiger partial charge in [-0.1, -0.05) is 6.07 Å². The number of amides is 1. The normalized spacial score (nSPS) is 12.9. The van der Waals surface area contributed by atoms with Crippen LogP contribution in [0, 0.1) is 11.3 Å². The van der Waals surface area contributed by atoms with Gasteiger partial charge in [-0.2, -0.15) is 18.4 Å². The Morgan fingerprint density at radius 1 is 1.06 bits per heavy atom. The number of fused-ring (bicyclic) bond motifs is 1. The standard InChI is InChI=1S/C21H17N5O.C2HF3O2/c22-13-15-2-1-3-17(12-15)21(27)26-10-6-18-19(7-11-26)24-14-25-20(18)16-4-8-23-9-5-16;3-2(4,5)1(6)7/h1-5,8-9,12,14H,6-7,10-11H2;(H,6,7). The van der Waals surface area contributed by atoms with Crippen molar-refractivity contribution in [1.82, 2.24) is 19.9 Å². The summed E-state index contributed by atoms with van der Waals surface area (Å²) in [5, 5.41) is 16.2. The molecule has 3 heterocycles. The van der Waals surface area contributed by atoms with E-state index < -0.39 is 12.1 Å². The summed E-state index contributed by atoms with van der Waals surface area (Å²) in [6.45, 7) is 1.18. The second-order valence-electron chi connectivity index (χ2n) is 7.17. The molecule has 0 aliphatic carbocycles. The number of alkyl halides is 3. The number of carboxylic acid groups (broad SMARTS) is 1. The molecule has 0 spiro atoms. The van der Waals surface area contributed by atoms with Crippen LogP contribution in [0.15, 0.2) is 55.1 Å². The second-order valence-corrected chi connectivity index (χ2v) is 7.17. The van der Waals surface area contributed by atoms with Gasteiger partial charge in [0.2, 0.25) is 0 Å². The average molecular weight is 469 g/mol. The van der Waals surface area contributed by atoms with Crippen LogP contribution in [0.3, 0.4) is 0 Å². The van der Waals surface area contributed by atoms with Crippen molar-refractivity contribution < 1.29 is 27.9 Å². The van der Waals surface area contributed by atoms with Gasteiger partial charge in [0.1, 0.15) is 6.33 Å². The lowest BCUT2D eigenvalue weighted by Crippen LogP contribution is -2.33. The molecule has 4 rings (SSSR count). The number of rotatable bonds is 2. The van der Waals surface area contributed by atoms with E-state index in [1.807, 2.05) is 17.0 Å². The molecule has 3 aromatic rings. The van der Waals surface area contributed by atoms with E-state index in [1.54, 1.807) is 43.0 Å². The fourth-order valence-electron chi connectivity index (χ4n) is 3.39. The van der Waals surface area contributed by atoms with Crippen LogP contribution in [-0.4, -0.2) is 56.1 Å². The summed E-state index contributed by atoms with van der Waals surface area (Å²) in [7, 11) is 0. The van der Waals surface area contributed by atoms with Crippen molar-refractivity contribution in [2.75, 3.05) is 13.1 Å². The number of nitrogens with zero attached hydrogens (tertiary/aromatic N) is 5. The Kier molecular flexibility index (Phi) is 7.53. The van der Waals surface area contributed by atoms with Gasteiger partial charge in [0, 0.05) is 54.3 Å². The molecule has 8 nitrogen and oxygen atoms in total. The van der Waals surface area contributed by atoms with E-state index in [1.165, 1.54) is 0 Å². The van der Waals surface area contributed by atoms with Gasteiger partial charge in [0.25, 0.3) is 5.91 Å². The third-order valence-electron chi connectivity index (χ3n) is 5.01. The number of aliphatic carboxylic acids is 1. The van der Waals surface area contributed by atoms with Crippen molar-refractivity contribution in [3.05, 3.63) is 77.5 Å². The Morgan fingerprint density at radius 3 is 2.38 bits per heavy atom. The summed E-state index contributed by atoms with van der Waals surface area (Å²) < 4.78 is 31.7. The fraction of sp³-hybridized carbons (Fsp3) is 0.217. The van der Waals surface area contributed by atoms with Crippen molar-refractivity contribution >= 4 is 11.9 Å². The van der Waals surface area contributed by atoms with Gasteiger partial charge in [-0.05, 0) is 36.8 Å². The van der Waals surface area contributed by atoms with E-state index >= 15 is 0 Å². The zero-order valence-corrected chi connectivity index (χ0v) is 17.7. The van der Waals surface area contributed by atoms with E-state index in [9.17, 15) is 18.0 Å². The first-order valence-corrected chi connectivity index (χ1v) is 10.0. The van der Waals surface area contributed by atoms with Crippen molar-refractivity contribution in [2.45, 2.75) is 19.0 Å². The molecular formula is C23H18F3N5O3. The topological polar surface area (TPSA) is 120 Å². The number of carboxylic acids is 1. The summed E-state index contributed by atoms with van der Waals surface area (Å²) in [5.41, 5.74) is 5.02. The second kappa shape index (κ2) is 10.5. The van der Waals surface area contributed by atoms with Crippen LogP contribution in [0.1, 0.15) is 27.2 Å². The van der Waals surface area contributed by atoms with Crippen molar-refractivity contribution in [3.8, 4) is 17.3 Å². The highest BCUT2D eigenvalue weighted by Gasteiger charge is 2.38. The van der Waals surface area contributed by atoms with E-state index in [0.717, 1.165) is 22.5 Å². The highest BCUT2D eigenvalue weighted by Crippen LogP contribution is 2.25. The number of carbonyl (C=O) groups is 2. The number of hydrogen-bond donors (Lipinski definition) is 1. The molecule has 0 radical (unpaired) electrons. The van der Waals surface area contributed by atoms with Gasteiger partial charge in [0.15, 0.2) is 0 Å². The lowest BCUT2D eigenvalue weighted by Gasteiger charge is -2.20. The number of hydrogen-bond acceptors (Lipinski definition) is 6. The fourth-order valence-corrected chi connectivity index (χ4v) is 3.39. The van der Waals surface area contributed by atoms with Crippen molar-refractivity contribution in [2.24, 2.45) is 0 Å². The monoisotopic (exact) mass is 469 g/mol. The van der Waals surface area contributed by atoms with E-state index in [4.69, 9.17) is 15.2 Å². The Balaban J connectivity index is 0.000000406. The molecule has 0 bridgehead atoms. The Bertz CT molecular complexity index is 1230. The molecular weight excluding hydrogens is 451 g/mol. The van der Waals surface area contributed by atoms with Gasteiger partial charge >= 0.3 is 12.1 Å². The van der Waals surface area contributed by atoms with Crippen LogP contribution in [0.2, 0.25) is 0 Å². The molecule has 2 aromatic heterocycles. The summed E-state index contributed by atoms with van der Waals surface area (Å²) in [6.07, 6.45) is 1.37. The minimum Gasteiger partial charge on any atom is -0.475 e. The molecule has 174 valence electrons. The molecule has 1 aromatic carbocycles. The van der Waals surface area contributed by atoms with E-state index in [-0.39, 0.29) is 5.91 Å². The number of nitriles is 1. The van der Waals surface area contributed by atoms with Crippen LogP contribution in [0.4, 0.5) is 13.2 Å². The average Bonchev–Trinajstić information content (AvgIpc) is 3.07. The minimum absolute atomic E-state index is 0.0571. The molecule has 0 unspecified atom stereocenters. The van der Waals surface area contributed by atoms with Crippen molar-refractivity contribution in [1.29, 1.82) is 5.26 Å². The minimum atomic E-state index is -5.08. The molecule has 34 heavy (non-hydrogen) atoms. The maximum absolute atomic E-state index is 12.9. The van der Waals surface area contributed by atoms with Gasteiger partial charge in [-0.25, -0.2) is 14.8 Å². The molecule has 0 saturated heterocycles. The summed E-state index contributed by atoms with van der Waals surface area (Å²) in [6, 6.07) is 12.8. The summed E-state index contributed by atoms with van der Waals surface area (Å²) >= 11 is 0. The molecule has 1 amide bonds. The van der Waals surface area contributed by atoms with Gasteiger partial charge in [-0.3, -0.25) is 9.78 Å². The number of benzene rings is 1. The molecule has 0 saturated carbocycles. The zero-order chi connectivity index (χ0) is 24.7. The SMILES string of the molecule is N#Cc1cccc(C(=O)N2CCc3ncnc(-c4ccncc4)c3CC2)c1.O=C(O)C(F)(F)F. The van der Waals surface area contributed by atoms with Crippen molar-refractivity contribution in [3.63, 3.8) is 0 Å². The molecule has 1 aliphatic heterocycles. The first-order chi connectivity index (χ1) is 16.2. The number of halogens is 3. The third-order valence-corrected chi connectivity index (χ3v) is 5.01. The summed E-state index contributed by atoms with van der Waals surface area (Å²) in [5.74, 6) is -2.81. The Morgan fingerprint density at radius 2 is 1.74 bits per heavy atom. The molecule has 11 heteroatoms. The molecule has 0 atom stereocenters. The maximum atomic E-state index is 12.9. The zero-order valence-electron chi connectivity index (χ0n) is 17.7. The lowest BCUT2D eigenvalue weighted by molar-refractivity contribution is -0.192. The van der Waals surface area contributed by atoms with Gasteiger partial charge in [-0.15, -0.1) is 0 Å². The third kappa shape index (κ3) is 5.92. The Hall–Kier alpha value is -4.33. The summed E-state index contributed by atoms with van der Waals surface area (Å²) in [4.78, 5) is 36.6. The first-order valence-electron chi connectivity index (χ1n) is 10.0. The molecule has 1 aliphatic rings. The van der Waals surface area contributed by atoms with Crippen LogP contribution in [0.5, 0.6) is 0 Å². The molecule has 1 N–H and O–H groups in total. The largest absolute Gasteiger partial charge is 0.490 e.